The maximum absolute atomic E-state index is 13.7. The van der Waals surface area contributed by atoms with Gasteiger partial charge in [0.15, 0.2) is 10.7 Å². The molecule has 0 aliphatic carbocycles. The van der Waals surface area contributed by atoms with Crippen LogP contribution in [0, 0.1) is 0 Å². The predicted octanol–water partition coefficient (Wildman–Crippen LogP) is 4.38. The molecular weight excluding hydrogens is 475 g/mol. The van der Waals surface area contributed by atoms with E-state index in [9.17, 15) is 21.6 Å². The van der Waals surface area contributed by atoms with Crippen molar-refractivity contribution in [3.05, 3.63) is 65.1 Å². The standard InChI is InChI=1S/C18H11ClF3N5O2S2/c19-17-15(11-3-1-10(2-4-11)13-8-24-9-30-13)16(18(20,21)22)26-27(17)12-5-6-14(25-7-12)31(23,28)29/h1-9H,(H2,23,28,29). The quantitative estimate of drug-likeness (QED) is 0.462. The first-order valence-corrected chi connectivity index (χ1v) is 11.2. The van der Waals surface area contributed by atoms with Gasteiger partial charge in [-0.1, -0.05) is 35.9 Å². The number of aromatic nitrogens is 4. The largest absolute Gasteiger partial charge is 0.435 e. The van der Waals surface area contributed by atoms with Crippen molar-refractivity contribution in [3.63, 3.8) is 0 Å². The third-order valence-electron chi connectivity index (χ3n) is 4.24. The number of hydrogen-bond donors (Lipinski definition) is 1. The summed E-state index contributed by atoms with van der Waals surface area (Å²) in [7, 11) is -4.06. The van der Waals surface area contributed by atoms with Crippen molar-refractivity contribution >= 4 is 33.0 Å². The number of benzene rings is 1. The molecule has 0 radical (unpaired) electrons. The molecular formula is C18H11ClF3N5O2S2. The van der Waals surface area contributed by atoms with Gasteiger partial charge in [0, 0.05) is 6.20 Å². The lowest BCUT2D eigenvalue weighted by Crippen LogP contribution is -2.14. The number of halogens is 4. The first kappa shape index (κ1) is 21.4. The van der Waals surface area contributed by atoms with Crippen LogP contribution in [0.5, 0.6) is 0 Å². The molecule has 31 heavy (non-hydrogen) atoms. The molecule has 3 heterocycles. The molecule has 0 spiro atoms. The fraction of sp³-hybridized carbons (Fsp3) is 0.0556. The maximum Gasteiger partial charge on any atom is 0.435 e. The van der Waals surface area contributed by atoms with Gasteiger partial charge < -0.3 is 0 Å². The summed E-state index contributed by atoms with van der Waals surface area (Å²) < 4.78 is 64.7. The molecule has 0 amide bonds. The maximum atomic E-state index is 13.7. The lowest BCUT2D eigenvalue weighted by molar-refractivity contribution is -0.140. The number of sulfonamides is 1. The Morgan fingerprint density at radius 1 is 1.03 bits per heavy atom. The van der Waals surface area contributed by atoms with Crippen molar-refractivity contribution in [3.8, 4) is 27.3 Å². The van der Waals surface area contributed by atoms with Crippen LogP contribution in [0.25, 0.3) is 27.3 Å². The van der Waals surface area contributed by atoms with Gasteiger partial charge in [0.25, 0.3) is 10.0 Å². The lowest BCUT2D eigenvalue weighted by atomic mass is 10.0. The van der Waals surface area contributed by atoms with Crippen LogP contribution in [0.4, 0.5) is 13.2 Å². The number of rotatable bonds is 4. The minimum Gasteiger partial charge on any atom is -0.252 e. The minimum atomic E-state index is -4.78. The zero-order valence-electron chi connectivity index (χ0n) is 15.2. The van der Waals surface area contributed by atoms with E-state index in [1.54, 1.807) is 23.8 Å². The second kappa shape index (κ2) is 7.71. The van der Waals surface area contributed by atoms with Crippen molar-refractivity contribution in [1.29, 1.82) is 0 Å². The predicted molar refractivity (Wildman–Crippen MR) is 109 cm³/mol. The van der Waals surface area contributed by atoms with Gasteiger partial charge in [0.2, 0.25) is 0 Å². The number of nitrogens with zero attached hydrogens (tertiary/aromatic N) is 4. The lowest BCUT2D eigenvalue weighted by Gasteiger charge is -2.07. The van der Waals surface area contributed by atoms with Gasteiger partial charge in [-0.15, -0.1) is 11.3 Å². The molecule has 4 aromatic rings. The Labute approximate surface area is 183 Å². The molecule has 7 nitrogen and oxygen atoms in total. The molecule has 0 unspecified atom stereocenters. The third kappa shape index (κ3) is 4.19. The van der Waals surface area contributed by atoms with Gasteiger partial charge in [-0.3, -0.25) is 4.98 Å². The molecule has 4 rings (SSSR count). The van der Waals surface area contributed by atoms with E-state index in [4.69, 9.17) is 16.7 Å². The number of primary sulfonamides is 1. The zero-order valence-corrected chi connectivity index (χ0v) is 17.6. The van der Waals surface area contributed by atoms with Crippen LogP contribution in [0.2, 0.25) is 5.15 Å². The van der Waals surface area contributed by atoms with Crippen LogP contribution >= 0.6 is 22.9 Å². The number of alkyl halides is 3. The normalized spacial score (nSPS) is 12.3. The molecule has 0 atom stereocenters. The van der Waals surface area contributed by atoms with Gasteiger partial charge in [-0.25, -0.2) is 23.2 Å². The van der Waals surface area contributed by atoms with E-state index in [0.29, 0.717) is 0 Å². The molecule has 0 aliphatic rings. The number of nitrogens with two attached hydrogens (primary N) is 1. The second-order valence-electron chi connectivity index (χ2n) is 6.27. The average Bonchev–Trinajstić information content (AvgIpc) is 3.35. The van der Waals surface area contributed by atoms with E-state index < -0.39 is 26.9 Å². The van der Waals surface area contributed by atoms with Crippen molar-refractivity contribution in [2.24, 2.45) is 5.14 Å². The van der Waals surface area contributed by atoms with Crippen LogP contribution in [0.3, 0.4) is 0 Å². The summed E-state index contributed by atoms with van der Waals surface area (Å²) in [6.45, 7) is 0. The zero-order chi connectivity index (χ0) is 22.4. The molecule has 0 aliphatic heterocycles. The molecule has 1 aromatic carbocycles. The second-order valence-corrected chi connectivity index (χ2v) is 9.02. The molecule has 0 saturated carbocycles. The van der Waals surface area contributed by atoms with Crippen molar-refractivity contribution < 1.29 is 21.6 Å². The van der Waals surface area contributed by atoms with E-state index in [2.05, 4.69) is 15.1 Å². The summed E-state index contributed by atoms with van der Waals surface area (Å²) in [4.78, 5) is 8.51. The van der Waals surface area contributed by atoms with E-state index in [-0.39, 0.29) is 22.0 Å². The van der Waals surface area contributed by atoms with E-state index in [0.717, 1.165) is 27.4 Å². The Kier molecular flexibility index (Phi) is 5.33. The Morgan fingerprint density at radius 3 is 2.23 bits per heavy atom. The SMILES string of the molecule is NS(=O)(=O)c1ccc(-n2nc(C(F)(F)F)c(-c3ccc(-c4cncs4)cc3)c2Cl)cn1. The summed E-state index contributed by atoms with van der Waals surface area (Å²) in [5, 5.41) is 7.88. The number of pyridine rings is 1. The summed E-state index contributed by atoms with van der Waals surface area (Å²) >= 11 is 7.70. The Hall–Kier alpha value is -2.80. The summed E-state index contributed by atoms with van der Waals surface area (Å²) in [6.07, 6.45) is -2.10. The molecule has 0 saturated heterocycles. The van der Waals surface area contributed by atoms with Crippen LogP contribution in [0.1, 0.15) is 5.69 Å². The van der Waals surface area contributed by atoms with E-state index in [1.807, 2.05) is 0 Å². The summed E-state index contributed by atoms with van der Waals surface area (Å²) in [5.74, 6) is 0. The molecule has 13 heteroatoms. The fourth-order valence-electron chi connectivity index (χ4n) is 2.85. The van der Waals surface area contributed by atoms with Crippen molar-refractivity contribution in [1.82, 2.24) is 19.7 Å². The highest BCUT2D eigenvalue weighted by atomic mass is 35.5. The average molecular weight is 486 g/mol. The van der Waals surface area contributed by atoms with Gasteiger partial charge in [-0.2, -0.15) is 18.3 Å². The number of thiazole rings is 1. The molecule has 0 fully saturated rings. The topological polar surface area (TPSA) is 104 Å². The van der Waals surface area contributed by atoms with Crippen LogP contribution < -0.4 is 5.14 Å². The van der Waals surface area contributed by atoms with Crippen LogP contribution in [0.15, 0.2) is 59.3 Å². The Morgan fingerprint density at radius 2 is 1.71 bits per heavy atom. The fourth-order valence-corrected chi connectivity index (χ4v) is 4.27. The van der Waals surface area contributed by atoms with E-state index in [1.165, 1.54) is 29.5 Å². The van der Waals surface area contributed by atoms with Crippen molar-refractivity contribution in [2.45, 2.75) is 11.2 Å². The van der Waals surface area contributed by atoms with Crippen molar-refractivity contribution in [2.75, 3.05) is 0 Å². The highest BCUT2D eigenvalue weighted by Gasteiger charge is 2.39. The Balaban J connectivity index is 1.82. The van der Waals surface area contributed by atoms with Gasteiger partial charge in [0.05, 0.1) is 27.8 Å². The molecule has 2 N–H and O–H groups in total. The molecule has 160 valence electrons. The minimum absolute atomic E-state index is 0.0374. The highest BCUT2D eigenvalue weighted by molar-refractivity contribution is 7.89. The third-order valence-corrected chi connectivity index (χ3v) is 6.24. The first-order valence-electron chi connectivity index (χ1n) is 8.40. The van der Waals surface area contributed by atoms with Gasteiger partial charge >= 0.3 is 6.18 Å². The van der Waals surface area contributed by atoms with Crippen LogP contribution in [-0.2, 0) is 16.2 Å². The monoisotopic (exact) mass is 485 g/mol. The molecule has 3 aromatic heterocycles. The van der Waals surface area contributed by atoms with Crippen LogP contribution in [-0.4, -0.2) is 28.2 Å². The first-order chi connectivity index (χ1) is 14.6. The van der Waals surface area contributed by atoms with Gasteiger partial charge in [0.1, 0.15) is 5.15 Å². The summed E-state index contributed by atoms with van der Waals surface area (Å²) in [6, 6.07) is 8.62. The number of hydrogen-bond acceptors (Lipinski definition) is 6. The highest BCUT2D eigenvalue weighted by Crippen LogP contribution is 2.42. The van der Waals surface area contributed by atoms with Gasteiger partial charge in [-0.05, 0) is 23.3 Å². The van der Waals surface area contributed by atoms with E-state index >= 15 is 0 Å². The summed E-state index contributed by atoms with van der Waals surface area (Å²) in [5.41, 5.74) is 1.22. The Bertz CT molecular complexity index is 1330. The smallest absolute Gasteiger partial charge is 0.252 e. The molecule has 0 bridgehead atoms.